The maximum Gasteiger partial charge on any atom is 0.433 e. The van der Waals surface area contributed by atoms with Crippen molar-refractivity contribution in [1.29, 1.82) is 0 Å². The van der Waals surface area contributed by atoms with E-state index in [1.54, 1.807) is 0 Å². The molecule has 0 spiro atoms. The first kappa shape index (κ1) is 13.0. The van der Waals surface area contributed by atoms with Crippen LogP contribution < -0.4 is 10.9 Å². The zero-order valence-corrected chi connectivity index (χ0v) is 9.97. The van der Waals surface area contributed by atoms with E-state index in [9.17, 15) is 18.0 Å². The van der Waals surface area contributed by atoms with Gasteiger partial charge in [0.2, 0.25) is 17.1 Å². The van der Waals surface area contributed by atoms with Gasteiger partial charge in [0.05, 0.1) is 0 Å². The number of pyridine rings is 1. The summed E-state index contributed by atoms with van der Waals surface area (Å²) in [5.41, 5.74) is -1.75. The van der Waals surface area contributed by atoms with Gasteiger partial charge in [-0.2, -0.15) is 18.2 Å². The average molecular weight is 298 g/mol. The van der Waals surface area contributed by atoms with Crippen molar-refractivity contribution in [3.05, 3.63) is 34.2 Å². The molecule has 3 heterocycles. The van der Waals surface area contributed by atoms with E-state index in [-0.39, 0.29) is 22.9 Å². The van der Waals surface area contributed by atoms with Gasteiger partial charge in [0, 0.05) is 0 Å². The molecule has 11 heteroatoms. The van der Waals surface area contributed by atoms with Gasteiger partial charge in [0.1, 0.15) is 11.5 Å². The molecule has 2 N–H and O–H groups in total. The second kappa shape index (κ2) is 4.54. The van der Waals surface area contributed by atoms with E-state index in [0.29, 0.717) is 0 Å². The highest BCUT2D eigenvalue weighted by atomic mass is 19.4. The summed E-state index contributed by atoms with van der Waals surface area (Å²) in [4.78, 5) is 21.1. The number of hydrogen-bond donors (Lipinski definition) is 2. The van der Waals surface area contributed by atoms with Crippen LogP contribution in [0.3, 0.4) is 0 Å². The Morgan fingerprint density at radius 3 is 2.76 bits per heavy atom. The lowest BCUT2D eigenvalue weighted by atomic mass is 10.3. The van der Waals surface area contributed by atoms with Crippen LogP contribution in [0.15, 0.2) is 27.6 Å². The second-order valence-corrected chi connectivity index (χ2v) is 3.88. The smallest absolute Gasteiger partial charge is 0.320 e. The third kappa shape index (κ3) is 2.52. The number of rotatable bonds is 2. The SMILES string of the molecule is O=c1[nH]c2nonc2nc1Nc1cccc(C(F)(F)F)n1. The Morgan fingerprint density at radius 2 is 2.00 bits per heavy atom. The van der Waals surface area contributed by atoms with Gasteiger partial charge < -0.3 is 5.32 Å². The minimum atomic E-state index is -4.59. The minimum absolute atomic E-state index is 0.00377. The number of hydrogen-bond acceptors (Lipinski definition) is 7. The van der Waals surface area contributed by atoms with Crippen LogP contribution >= 0.6 is 0 Å². The monoisotopic (exact) mass is 298 g/mol. The van der Waals surface area contributed by atoms with Crippen LogP contribution in [0.5, 0.6) is 0 Å². The number of fused-ring (bicyclic) bond motifs is 1. The first-order chi connectivity index (χ1) is 9.93. The molecule has 108 valence electrons. The summed E-state index contributed by atoms with van der Waals surface area (Å²) in [6.07, 6.45) is -4.59. The third-order valence-electron chi connectivity index (χ3n) is 2.42. The summed E-state index contributed by atoms with van der Waals surface area (Å²) in [6, 6.07) is 3.23. The zero-order valence-electron chi connectivity index (χ0n) is 9.97. The first-order valence-corrected chi connectivity index (χ1v) is 5.47. The number of aromatic nitrogens is 5. The Bertz CT molecular complexity index is 856. The largest absolute Gasteiger partial charge is 0.433 e. The summed E-state index contributed by atoms with van der Waals surface area (Å²) in [5, 5.41) is 9.18. The lowest BCUT2D eigenvalue weighted by Crippen LogP contribution is -2.15. The molecule has 0 saturated heterocycles. The van der Waals surface area contributed by atoms with E-state index < -0.39 is 17.4 Å². The molecule has 0 unspecified atom stereocenters. The van der Waals surface area contributed by atoms with Crippen LogP contribution in [0.2, 0.25) is 0 Å². The van der Waals surface area contributed by atoms with Crippen molar-refractivity contribution in [3.63, 3.8) is 0 Å². The Morgan fingerprint density at radius 1 is 1.19 bits per heavy atom. The quantitative estimate of drug-likeness (QED) is 0.737. The van der Waals surface area contributed by atoms with E-state index in [1.165, 1.54) is 6.07 Å². The standard InChI is InChI=1S/C10H5F3N6O2/c11-10(12,13)4-2-1-3-5(14-4)15-8-9(20)17-7-6(16-8)18-21-19-7/h1-3H,(H,17,19,20)(H,14,15,16,18). The number of alkyl halides is 3. The molecule has 0 amide bonds. The molecule has 0 fully saturated rings. The van der Waals surface area contributed by atoms with Crippen LogP contribution in [0.1, 0.15) is 5.69 Å². The van der Waals surface area contributed by atoms with Gasteiger partial charge in [0.25, 0.3) is 5.56 Å². The Balaban J connectivity index is 1.98. The number of aromatic amines is 1. The number of nitrogens with one attached hydrogen (secondary N) is 2. The van der Waals surface area contributed by atoms with Crippen molar-refractivity contribution >= 4 is 22.9 Å². The van der Waals surface area contributed by atoms with Gasteiger partial charge in [-0.1, -0.05) is 6.07 Å². The first-order valence-electron chi connectivity index (χ1n) is 5.47. The fourth-order valence-electron chi connectivity index (χ4n) is 1.53. The summed E-state index contributed by atoms with van der Waals surface area (Å²) < 4.78 is 42.0. The molecule has 21 heavy (non-hydrogen) atoms. The van der Waals surface area contributed by atoms with E-state index in [1.807, 2.05) is 0 Å². The normalized spacial score (nSPS) is 11.8. The van der Waals surface area contributed by atoms with Crippen molar-refractivity contribution in [2.45, 2.75) is 6.18 Å². The molecule has 3 aromatic heterocycles. The van der Waals surface area contributed by atoms with Gasteiger partial charge in [-0.05, 0) is 22.4 Å². The number of nitrogens with zero attached hydrogens (tertiary/aromatic N) is 4. The highest BCUT2D eigenvalue weighted by molar-refractivity contribution is 5.66. The Kier molecular flexibility index (Phi) is 2.82. The fraction of sp³-hybridized carbons (Fsp3) is 0.100. The van der Waals surface area contributed by atoms with Crippen molar-refractivity contribution in [2.24, 2.45) is 0 Å². The summed E-state index contributed by atoms with van der Waals surface area (Å²) in [5.74, 6) is -0.455. The average Bonchev–Trinajstić information content (AvgIpc) is 2.85. The topological polar surface area (TPSA) is 110 Å². The van der Waals surface area contributed by atoms with Gasteiger partial charge in [0.15, 0.2) is 0 Å². The highest BCUT2D eigenvalue weighted by Crippen LogP contribution is 2.28. The van der Waals surface area contributed by atoms with Crippen LogP contribution in [-0.4, -0.2) is 25.3 Å². The van der Waals surface area contributed by atoms with Gasteiger partial charge in [-0.3, -0.25) is 9.78 Å². The highest BCUT2D eigenvalue weighted by Gasteiger charge is 2.32. The molecule has 0 radical (unpaired) electrons. The summed E-state index contributed by atoms with van der Waals surface area (Å²) >= 11 is 0. The van der Waals surface area contributed by atoms with Gasteiger partial charge >= 0.3 is 6.18 Å². The molecular formula is C10H5F3N6O2. The molecular weight excluding hydrogens is 293 g/mol. The molecule has 3 aromatic rings. The molecule has 0 aliphatic rings. The third-order valence-corrected chi connectivity index (χ3v) is 2.42. The van der Waals surface area contributed by atoms with E-state index in [0.717, 1.165) is 12.1 Å². The van der Waals surface area contributed by atoms with E-state index in [2.05, 4.69) is 35.2 Å². The lowest BCUT2D eigenvalue weighted by molar-refractivity contribution is -0.141. The molecule has 0 aliphatic carbocycles. The molecule has 0 atom stereocenters. The number of H-pyrrole nitrogens is 1. The van der Waals surface area contributed by atoms with Crippen LogP contribution in [0, 0.1) is 0 Å². The predicted molar refractivity (Wildman–Crippen MR) is 62.7 cm³/mol. The molecule has 8 nitrogen and oxygen atoms in total. The van der Waals surface area contributed by atoms with Crippen LogP contribution in [0.25, 0.3) is 11.3 Å². The minimum Gasteiger partial charge on any atom is -0.320 e. The summed E-state index contributed by atoms with van der Waals surface area (Å²) in [6.45, 7) is 0. The van der Waals surface area contributed by atoms with Crippen molar-refractivity contribution in [2.75, 3.05) is 5.32 Å². The molecule has 0 bridgehead atoms. The van der Waals surface area contributed by atoms with Gasteiger partial charge in [-0.15, -0.1) is 0 Å². The van der Waals surface area contributed by atoms with Crippen LogP contribution in [-0.2, 0) is 6.18 Å². The second-order valence-electron chi connectivity index (χ2n) is 3.88. The zero-order chi connectivity index (χ0) is 15.0. The predicted octanol–water partition coefficient (Wildman–Crippen LogP) is 1.46. The molecule has 3 rings (SSSR count). The maximum atomic E-state index is 12.5. The van der Waals surface area contributed by atoms with Gasteiger partial charge in [-0.25, -0.2) is 9.61 Å². The Labute approximate surface area is 113 Å². The molecule has 0 saturated carbocycles. The number of anilines is 2. The van der Waals surface area contributed by atoms with Crippen LogP contribution in [0.4, 0.5) is 24.8 Å². The molecule has 0 aliphatic heterocycles. The Hall–Kier alpha value is -2.98. The fourth-order valence-corrected chi connectivity index (χ4v) is 1.53. The number of halogens is 3. The van der Waals surface area contributed by atoms with Crippen molar-refractivity contribution in [1.82, 2.24) is 25.3 Å². The summed E-state index contributed by atoms with van der Waals surface area (Å²) in [7, 11) is 0. The maximum absolute atomic E-state index is 12.5. The van der Waals surface area contributed by atoms with E-state index >= 15 is 0 Å². The lowest BCUT2D eigenvalue weighted by Gasteiger charge is -2.08. The van der Waals surface area contributed by atoms with Crippen molar-refractivity contribution < 1.29 is 17.8 Å². The van der Waals surface area contributed by atoms with E-state index in [4.69, 9.17) is 0 Å². The van der Waals surface area contributed by atoms with Crippen molar-refractivity contribution in [3.8, 4) is 0 Å². The molecule has 0 aromatic carbocycles.